The number of nitrogen functional groups attached to an aromatic ring is 1. The molecule has 18 heavy (non-hydrogen) atoms. The van der Waals surface area contributed by atoms with Gasteiger partial charge in [-0.15, -0.1) is 0 Å². The molecule has 1 aromatic heterocycles. The lowest BCUT2D eigenvalue weighted by atomic mass is 10.2. The maximum atomic E-state index is 12.2. The van der Waals surface area contributed by atoms with Crippen LogP contribution in [0.3, 0.4) is 0 Å². The number of rotatable bonds is 2. The van der Waals surface area contributed by atoms with Crippen molar-refractivity contribution in [3.8, 4) is 0 Å². The zero-order valence-corrected chi connectivity index (χ0v) is 10.4. The molecule has 1 amide bonds. The van der Waals surface area contributed by atoms with E-state index in [-0.39, 0.29) is 29.3 Å². The van der Waals surface area contributed by atoms with Crippen LogP contribution in [-0.2, 0) is 4.74 Å². The predicted octanol–water partition coefficient (Wildman–Crippen LogP) is 0.150. The average molecular weight is 272 g/mol. The summed E-state index contributed by atoms with van der Waals surface area (Å²) in [6.07, 6.45) is 1.05. The first-order valence-corrected chi connectivity index (χ1v) is 5.92. The van der Waals surface area contributed by atoms with Crippen molar-refractivity contribution in [1.82, 2.24) is 9.88 Å². The highest BCUT2D eigenvalue weighted by Gasteiger charge is 2.26. The first kappa shape index (κ1) is 13.1. The summed E-state index contributed by atoms with van der Waals surface area (Å²) >= 11 is 5.89. The van der Waals surface area contributed by atoms with Crippen LogP contribution < -0.4 is 5.73 Å². The van der Waals surface area contributed by atoms with Gasteiger partial charge in [0.15, 0.2) is 0 Å². The summed E-state index contributed by atoms with van der Waals surface area (Å²) in [7, 11) is 0. The second kappa shape index (κ2) is 5.51. The van der Waals surface area contributed by atoms with Gasteiger partial charge in [-0.1, -0.05) is 11.6 Å². The van der Waals surface area contributed by atoms with Crippen LogP contribution in [0.15, 0.2) is 12.3 Å². The SMILES string of the molecule is Nc1cnc(Cl)c(C(=O)N2CCOC(CO)C2)c1. The fourth-order valence-electron chi connectivity index (χ4n) is 1.80. The normalized spacial score (nSPS) is 19.9. The Morgan fingerprint density at radius 1 is 1.72 bits per heavy atom. The van der Waals surface area contributed by atoms with Gasteiger partial charge in [-0.05, 0) is 6.07 Å². The second-order valence-corrected chi connectivity index (χ2v) is 4.39. The zero-order chi connectivity index (χ0) is 13.1. The third kappa shape index (κ3) is 2.72. The number of aliphatic hydroxyl groups is 1. The van der Waals surface area contributed by atoms with Crippen LogP contribution in [0.1, 0.15) is 10.4 Å². The maximum Gasteiger partial charge on any atom is 0.257 e. The van der Waals surface area contributed by atoms with Crippen LogP contribution in [-0.4, -0.2) is 53.3 Å². The summed E-state index contributed by atoms with van der Waals surface area (Å²) in [5.74, 6) is -0.249. The van der Waals surface area contributed by atoms with E-state index in [0.29, 0.717) is 25.4 Å². The number of ether oxygens (including phenoxy) is 1. The van der Waals surface area contributed by atoms with Crippen LogP contribution in [0.2, 0.25) is 5.15 Å². The summed E-state index contributed by atoms with van der Waals surface area (Å²) in [6, 6.07) is 1.50. The van der Waals surface area contributed by atoms with E-state index < -0.39 is 0 Å². The van der Waals surface area contributed by atoms with E-state index >= 15 is 0 Å². The number of anilines is 1. The van der Waals surface area contributed by atoms with E-state index in [1.807, 2.05) is 0 Å². The molecule has 1 aliphatic rings. The van der Waals surface area contributed by atoms with Gasteiger partial charge in [0.2, 0.25) is 0 Å². The first-order chi connectivity index (χ1) is 8.61. The highest BCUT2D eigenvalue weighted by Crippen LogP contribution is 2.19. The molecule has 1 aromatic rings. The molecule has 1 aliphatic heterocycles. The summed E-state index contributed by atoms with van der Waals surface area (Å²) in [4.78, 5) is 17.7. The molecule has 0 aliphatic carbocycles. The van der Waals surface area contributed by atoms with Gasteiger partial charge in [-0.3, -0.25) is 4.79 Å². The largest absolute Gasteiger partial charge is 0.397 e. The molecule has 0 spiro atoms. The fraction of sp³-hybridized carbons (Fsp3) is 0.455. The average Bonchev–Trinajstić information content (AvgIpc) is 2.41. The Labute approximate surface area is 109 Å². The van der Waals surface area contributed by atoms with Gasteiger partial charge in [0, 0.05) is 13.1 Å². The highest BCUT2D eigenvalue weighted by atomic mass is 35.5. The van der Waals surface area contributed by atoms with Crippen molar-refractivity contribution in [3.63, 3.8) is 0 Å². The van der Waals surface area contributed by atoms with Crippen molar-refractivity contribution in [2.24, 2.45) is 0 Å². The minimum atomic E-state index is -0.351. The molecular formula is C11H14ClN3O3. The molecule has 0 aromatic carbocycles. The Morgan fingerprint density at radius 3 is 3.22 bits per heavy atom. The van der Waals surface area contributed by atoms with Crippen LogP contribution in [0, 0.1) is 0 Å². The number of carbonyl (C=O) groups excluding carboxylic acids is 1. The van der Waals surface area contributed by atoms with Gasteiger partial charge >= 0.3 is 0 Å². The smallest absolute Gasteiger partial charge is 0.257 e. The number of halogens is 1. The van der Waals surface area contributed by atoms with E-state index in [1.165, 1.54) is 12.3 Å². The Kier molecular flexibility index (Phi) is 4.00. The lowest BCUT2D eigenvalue weighted by Crippen LogP contribution is -2.47. The molecule has 0 bridgehead atoms. The number of carbonyl (C=O) groups is 1. The number of aromatic nitrogens is 1. The van der Waals surface area contributed by atoms with E-state index in [4.69, 9.17) is 27.2 Å². The molecular weight excluding hydrogens is 258 g/mol. The molecule has 2 heterocycles. The number of aliphatic hydroxyl groups excluding tert-OH is 1. The standard InChI is InChI=1S/C11H14ClN3O3/c12-10-9(3-7(13)4-14-10)11(17)15-1-2-18-8(5-15)6-16/h3-4,8,16H,1-2,5-6,13H2. The van der Waals surface area contributed by atoms with Gasteiger partial charge < -0.3 is 20.5 Å². The van der Waals surface area contributed by atoms with Crippen molar-refractivity contribution >= 4 is 23.2 Å². The third-order valence-electron chi connectivity index (χ3n) is 2.72. The quantitative estimate of drug-likeness (QED) is 0.748. The molecule has 0 saturated carbocycles. The number of nitrogens with zero attached hydrogens (tertiary/aromatic N) is 2. The van der Waals surface area contributed by atoms with Crippen LogP contribution >= 0.6 is 11.6 Å². The molecule has 1 unspecified atom stereocenters. The zero-order valence-electron chi connectivity index (χ0n) is 9.67. The lowest BCUT2D eigenvalue weighted by molar-refractivity contribution is -0.0447. The number of morpholine rings is 1. The monoisotopic (exact) mass is 271 g/mol. The molecule has 2 rings (SSSR count). The molecule has 98 valence electrons. The van der Waals surface area contributed by atoms with Crippen LogP contribution in [0.25, 0.3) is 0 Å². The summed E-state index contributed by atoms with van der Waals surface area (Å²) in [6.45, 7) is 1.07. The molecule has 0 radical (unpaired) electrons. The number of hydrogen-bond acceptors (Lipinski definition) is 5. The Hall–Kier alpha value is -1.37. The van der Waals surface area contributed by atoms with E-state index in [9.17, 15) is 4.79 Å². The third-order valence-corrected chi connectivity index (χ3v) is 3.02. The Balaban J connectivity index is 2.17. The van der Waals surface area contributed by atoms with Gasteiger partial charge in [-0.25, -0.2) is 4.98 Å². The van der Waals surface area contributed by atoms with Gasteiger partial charge in [0.05, 0.1) is 36.8 Å². The first-order valence-electron chi connectivity index (χ1n) is 5.54. The van der Waals surface area contributed by atoms with Crippen molar-refractivity contribution in [1.29, 1.82) is 0 Å². The summed E-state index contributed by atoms with van der Waals surface area (Å²) in [5.41, 5.74) is 6.25. The molecule has 1 saturated heterocycles. The van der Waals surface area contributed by atoms with Gasteiger partial charge in [0.1, 0.15) is 5.15 Å². The molecule has 6 nitrogen and oxygen atoms in total. The predicted molar refractivity (Wildman–Crippen MR) is 66.4 cm³/mol. The molecule has 1 fully saturated rings. The molecule has 1 atom stereocenters. The number of hydrogen-bond donors (Lipinski definition) is 2. The van der Waals surface area contributed by atoms with Crippen molar-refractivity contribution in [2.75, 3.05) is 32.0 Å². The number of nitrogens with two attached hydrogens (primary N) is 1. The van der Waals surface area contributed by atoms with E-state index in [2.05, 4.69) is 4.98 Å². The van der Waals surface area contributed by atoms with Crippen LogP contribution in [0.5, 0.6) is 0 Å². The lowest BCUT2D eigenvalue weighted by Gasteiger charge is -2.32. The topological polar surface area (TPSA) is 88.7 Å². The number of pyridine rings is 1. The molecule has 7 heteroatoms. The summed E-state index contributed by atoms with van der Waals surface area (Å²) in [5, 5.41) is 9.16. The van der Waals surface area contributed by atoms with Gasteiger partial charge in [-0.2, -0.15) is 0 Å². The van der Waals surface area contributed by atoms with Crippen molar-refractivity contribution in [2.45, 2.75) is 6.10 Å². The number of amides is 1. The van der Waals surface area contributed by atoms with Gasteiger partial charge in [0.25, 0.3) is 5.91 Å². The van der Waals surface area contributed by atoms with E-state index in [1.54, 1.807) is 4.90 Å². The summed E-state index contributed by atoms with van der Waals surface area (Å²) < 4.78 is 5.28. The van der Waals surface area contributed by atoms with Crippen LogP contribution in [0.4, 0.5) is 5.69 Å². The fourth-order valence-corrected chi connectivity index (χ4v) is 1.98. The van der Waals surface area contributed by atoms with Crippen molar-refractivity contribution < 1.29 is 14.6 Å². The Morgan fingerprint density at radius 2 is 2.50 bits per heavy atom. The minimum Gasteiger partial charge on any atom is -0.397 e. The molecule has 3 N–H and O–H groups in total. The Bertz CT molecular complexity index is 455. The highest BCUT2D eigenvalue weighted by molar-refractivity contribution is 6.32. The van der Waals surface area contributed by atoms with Crippen molar-refractivity contribution in [3.05, 3.63) is 23.0 Å². The minimum absolute atomic E-state index is 0.118. The second-order valence-electron chi connectivity index (χ2n) is 4.03. The maximum absolute atomic E-state index is 12.2. The van der Waals surface area contributed by atoms with E-state index in [0.717, 1.165) is 0 Å².